The Balaban J connectivity index is 1.31. The summed E-state index contributed by atoms with van der Waals surface area (Å²) in [5, 5.41) is 3.18. The smallest absolute Gasteiger partial charge is 0.243 e. The fraction of sp³-hybridized carbons (Fsp3) is 0.435. The maximum Gasteiger partial charge on any atom is 0.243 e. The molecule has 0 unspecified atom stereocenters. The number of nitrogens with one attached hydrogen (secondary N) is 1. The van der Waals surface area contributed by atoms with Crippen LogP contribution in [-0.2, 0) is 21.2 Å². The minimum atomic E-state index is -3.48. The number of carbonyl (C=O) groups excluding carboxylic acids is 1. The number of carbonyl (C=O) groups is 1. The van der Waals surface area contributed by atoms with Gasteiger partial charge in [-0.3, -0.25) is 9.69 Å². The van der Waals surface area contributed by atoms with Gasteiger partial charge in [0.1, 0.15) is 0 Å². The number of amides is 1. The highest BCUT2D eigenvalue weighted by Crippen LogP contribution is 2.29. The summed E-state index contributed by atoms with van der Waals surface area (Å²) < 4.78 is 27.2. The van der Waals surface area contributed by atoms with Crippen LogP contribution in [0.3, 0.4) is 0 Å². The Morgan fingerprint density at radius 3 is 2.47 bits per heavy atom. The number of sulfonamides is 1. The molecule has 0 saturated carbocycles. The van der Waals surface area contributed by atoms with E-state index in [1.165, 1.54) is 15.4 Å². The average molecular weight is 428 g/mol. The Morgan fingerprint density at radius 2 is 1.73 bits per heavy atom. The molecule has 0 bridgehead atoms. The van der Waals surface area contributed by atoms with E-state index in [0.717, 1.165) is 24.8 Å². The highest BCUT2D eigenvalue weighted by atomic mass is 32.2. The SMILES string of the molecule is Cc1ccc(S(=O)(=O)N2CCN(CC(=O)N[C@H]3CCCc4ccccc43)CC2)cc1. The number of aryl methyl sites for hydroxylation is 2. The van der Waals surface area contributed by atoms with Crippen LogP contribution >= 0.6 is 0 Å². The molecule has 6 nitrogen and oxygen atoms in total. The second-order valence-electron chi connectivity index (χ2n) is 8.20. The number of rotatable bonds is 5. The predicted molar refractivity (Wildman–Crippen MR) is 117 cm³/mol. The van der Waals surface area contributed by atoms with Crippen LogP contribution in [0.25, 0.3) is 0 Å². The zero-order valence-corrected chi connectivity index (χ0v) is 18.2. The predicted octanol–water partition coefficient (Wildman–Crippen LogP) is 2.50. The van der Waals surface area contributed by atoms with Gasteiger partial charge >= 0.3 is 0 Å². The summed E-state index contributed by atoms with van der Waals surface area (Å²) in [5.74, 6) is 0.00606. The zero-order chi connectivity index (χ0) is 21.1. The lowest BCUT2D eigenvalue weighted by Gasteiger charge is -2.34. The number of benzene rings is 2. The van der Waals surface area contributed by atoms with Crippen LogP contribution in [0.2, 0.25) is 0 Å². The molecule has 2 aromatic rings. The van der Waals surface area contributed by atoms with E-state index in [-0.39, 0.29) is 11.9 Å². The molecule has 0 aromatic heterocycles. The van der Waals surface area contributed by atoms with Crippen molar-refractivity contribution in [2.75, 3.05) is 32.7 Å². The summed E-state index contributed by atoms with van der Waals surface area (Å²) in [7, 11) is -3.48. The molecule has 2 aromatic carbocycles. The van der Waals surface area contributed by atoms with Crippen molar-refractivity contribution in [3.8, 4) is 0 Å². The zero-order valence-electron chi connectivity index (χ0n) is 17.4. The number of nitrogens with zero attached hydrogens (tertiary/aromatic N) is 2. The largest absolute Gasteiger partial charge is 0.348 e. The average Bonchev–Trinajstić information content (AvgIpc) is 2.75. The topological polar surface area (TPSA) is 69.7 Å². The molecule has 30 heavy (non-hydrogen) atoms. The first kappa shape index (κ1) is 21.0. The highest BCUT2D eigenvalue weighted by molar-refractivity contribution is 7.89. The number of piperazine rings is 1. The van der Waals surface area contributed by atoms with Crippen LogP contribution in [0.5, 0.6) is 0 Å². The van der Waals surface area contributed by atoms with Crippen molar-refractivity contribution in [1.82, 2.24) is 14.5 Å². The van der Waals surface area contributed by atoms with Crippen molar-refractivity contribution in [2.45, 2.75) is 37.1 Å². The van der Waals surface area contributed by atoms with Gasteiger partial charge in [-0.25, -0.2) is 8.42 Å². The molecule has 1 amide bonds. The van der Waals surface area contributed by atoms with Crippen LogP contribution in [0, 0.1) is 6.92 Å². The van der Waals surface area contributed by atoms with Gasteiger partial charge in [0.25, 0.3) is 0 Å². The molecule has 1 heterocycles. The number of hydrogen-bond donors (Lipinski definition) is 1. The Bertz CT molecular complexity index is 997. The van der Waals surface area contributed by atoms with Gasteiger partial charge in [0.05, 0.1) is 17.5 Å². The Hall–Kier alpha value is -2.22. The van der Waals surface area contributed by atoms with Crippen molar-refractivity contribution in [3.63, 3.8) is 0 Å². The van der Waals surface area contributed by atoms with Gasteiger partial charge in [-0.2, -0.15) is 4.31 Å². The summed E-state index contributed by atoms with van der Waals surface area (Å²) in [6.07, 6.45) is 3.11. The Morgan fingerprint density at radius 1 is 1.03 bits per heavy atom. The lowest BCUT2D eigenvalue weighted by molar-refractivity contribution is -0.123. The fourth-order valence-corrected chi connectivity index (χ4v) is 5.76. The second-order valence-corrected chi connectivity index (χ2v) is 10.1. The number of fused-ring (bicyclic) bond motifs is 1. The van der Waals surface area contributed by atoms with Crippen molar-refractivity contribution in [3.05, 3.63) is 65.2 Å². The number of hydrogen-bond acceptors (Lipinski definition) is 4. The third-order valence-corrected chi connectivity index (χ3v) is 7.97. The quantitative estimate of drug-likeness (QED) is 0.796. The molecule has 1 saturated heterocycles. The van der Waals surface area contributed by atoms with Gasteiger partial charge in [0.2, 0.25) is 15.9 Å². The van der Waals surface area contributed by atoms with Gasteiger partial charge in [0, 0.05) is 26.2 Å². The van der Waals surface area contributed by atoms with E-state index >= 15 is 0 Å². The lowest BCUT2D eigenvalue weighted by Crippen LogP contribution is -2.51. The van der Waals surface area contributed by atoms with E-state index in [4.69, 9.17) is 0 Å². The summed E-state index contributed by atoms with van der Waals surface area (Å²) in [6.45, 7) is 4.15. The molecule has 0 spiro atoms. The van der Waals surface area contributed by atoms with Crippen LogP contribution in [-0.4, -0.2) is 56.3 Å². The van der Waals surface area contributed by atoms with Gasteiger partial charge in [-0.1, -0.05) is 42.0 Å². The van der Waals surface area contributed by atoms with Gasteiger partial charge < -0.3 is 5.32 Å². The molecule has 2 aliphatic rings. The first-order valence-electron chi connectivity index (χ1n) is 10.6. The van der Waals surface area contributed by atoms with E-state index in [1.54, 1.807) is 12.1 Å². The molecular weight excluding hydrogens is 398 g/mol. The Kier molecular flexibility index (Phi) is 6.22. The van der Waals surface area contributed by atoms with Gasteiger partial charge in [-0.05, 0) is 49.4 Å². The fourth-order valence-electron chi connectivity index (χ4n) is 4.33. The van der Waals surface area contributed by atoms with Gasteiger partial charge in [-0.15, -0.1) is 0 Å². The first-order valence-corrected chi connectivity index (χ1v) is 12.0. The minimum Gasteiger partial charge on any atom is -0.348 e. The second kappa shape index (κ2) is 8.88. The van der Waals surface area contributed by atoms with E-state index in [1.807, 2.05) is 36.1 Å². The summed E-state index contributed by atoms with van der Waals surface area (Å²) in [5.41, 5.74) is 3.58. The molecule has 1 aliphatic carbocycles. The molecule has 1 fully saturated rings. The van der Waals surface area contributed by atoms with E-state index in [2.05, 4.69) is 17.4 Å². The molecule has 1 aliphatic heterocycles. The van der Waals surface area contributed by atoms with Crippen LogP contribution in [0.4, 0.5) is 0 Å². The molecule has 1 N–H and O–H groups in total. The maximum absolute atomic E-state index is 12.8. The van der Waals surface area contributed by atoms with Gasteiger partial charge in [0.15, 0.2) is 0 Å². The Labute approximate surface area is 178 Å². The maximum atomic E-state index is 12.8. The highest BCUT2D eigenvalue weighted by Gasteiger charge is 2.29. The summed E-state index contributed by atoms with van der Waals surface area (Å²) in [4.78, 5) is 15.0. The molecule has 7 heteroatoms. The normalized spacial score (nSPS) is 20.5. The molecule has 160 valence electrons. The monoisotopic (exact) mass is 427 g/mol. The van der Waals surface area contributed by atoms with E-state index in [0.29, 0.717) is 37.6 Å². The van der Waals surface area contributed by atoms with Crippen LogP contribution < -0.4 is 5.32 Å². The van der Waals surface area contributed by atoms with Crippen molar-refractivity contribution in [1.29, 1.82) is 0 Å². The van der Waals surface area contributed by atoms with Crippen molar-refractivity contribution >= 4 is 15.9 Å². The standard InChI is InChI=1S/C23H29N3O3S/c1-18-9-11-20(12-10-18)30(28,29)26-15-13-25(14-16-26)17-23(27)24-22-8-4-6-19-5-2-3-7-21(19)22/h2-3,5,7,9-12,22H,4,6,8,13-17H2,1H3,(H,24,27)/t22-/m0/s1. The van der Waals surface area contributed by atoms with Crippen LogP contribution in [0.15, 0.2) is 53.4 Å². The summed E-state index contributed by atoms with van der Waals surface area (Å²) >= 11 is 0. The third kappa shape index (κ3) is 4.58. The first-order chi connectivity index (χ1) is 14.4. The lowest BCUT2D eigenvalue weighted by atomic mass is 9.88. The van der Waals surface area contributed by atoms with E-state index in [9.17, 15) is 13.2 Å². The molecule has 0 radical (unpaired) electrons. The van der Waals surface area contributed by atoms with Crippen LogP contribution in [0.1, 0.15) is 35.6 Å². The third-order valence-electron chi connectivity index (χ3n) is 6.06. The van der Waals surface area contributed by atoms with Crippen molar-refractivity contribution < 1.29 is 13.2 Å². The minimum absolute atomic E-state index is 0.00606. The molecule has 4 rings (SSSR count). The molecule has 1 atom stereocenters. The van der Waals surface area contributed by atoms with E-state index < -0.39 is 10.0 Å². The molecular formula is C23H29N3O3S. The van der Waals surface area contributed by atoms with Crippen molar-refractivity contribution in [2.24, 2.45) is 0 Å². The summed E-state index contributed by atoms with van der Waals surface area (Å²) in [6, 6.07) is 15.3.